The Labute approximate surface area is 122 Å². The van der Waals surface area contributed by atoms with Crippen molar-refractivity contribution in [3.8, 4) is 0 Å². The topological polar surface area (TPSA) is 32.8 Å². The van der Waals surface area contributed by atoms with Gasteiger partial charge in [-0.25, -0.2) is 0 Å². The zero-order valence-corrected chi connectivity index (χ0v) is 12.8. The monoisotopic (exact) mass is 277 g/mol. The Bertz CT molecular complexity index is 396. The maximum Gasteiger partial charge on any atom is 0.158 e. The number of ketones is 1. The van der Waals surface area contributed by atoms with Crippen LogP contribution < -0.4 is 0 Å². The molecule has 0 amide bonds. The summed E-state index contributed by atoms with van der Waals surface area (Å²) in [6, 6.07) is 0. The average Bonchev–Trinajstić information content (AvgIpc) is 3.24. The summed E-state index contributed by atoms with van der Waals surface area (Å²) in [4.78, 5) is 14.8. The van der Waals surface area contributed by atoms with E-state index in [1.807, 2.05) is 6.08 Å². The fourth-order valence-electron chi connectivity index (χ4n) is 3.66. The van der Waals surface area contributed by atoms with E-state index in [2.05, 4.69) is 24.8 Å². The lowest BCUT2D eigenvalue weighted by atomic mass is 9.85. The number of ether oxygens (including phenoxy) is 1. The number of likely N-dealkylation sites (tertiary alicyclic amines) is 1. The van der Waals surface area contributed by atoms with Crippen molar-refractivity contribution in [3.05, 3.63) is 12.2 Å². The first-order chi connectivity index (χ1) is 9.56. The largest absolute Gasteiger partial charge is 0.370 e. The fraction of sp³-hybridized carbons (Fsp3) is 0.824. The molecule has 3 nitrogen and oxygen atoms in total. The molecule has 2 saturated heterocycles. The van der Waals surface area contributed by atoms with E-state index in [-0.39, 0.29) is 11.5 Å². The van der Waals surface area contributed by atoms with E-state index in [0.29, 0.717) is 18.0 Å². The molecule has 0 aromatic rings. The smallest absolute Gasteiger partial charge is 0.158 e. The molecule has 0 spiro atoms. The van der Waals surface area contributed by atoms with Crippen molar-refractivity contribution in [2.75, 3.05) is 13.1 Å². The quantitative estimate of drug-likeness (QED) is 0.585. The summed E-state index contributed by atoms with van der Waals surface area (Å²) in [6.07, 6.45) is 11.8. The summed E-state index contributed by atoms with van der Waals surface area (Å²) in [7, 11) is 0. The number of piperidine rings is 1. The van der Waals surface area contributed by atoms with Gasteiger partial charge in [-0.05, 0) is 65.1 Å². The van der Waals surface area contributed by atoms with Gasteiger partial charge in [-0.3, -0.25) is 9.69 Å². The predicted molar refractivity (Wildman–Crippen MR) is 79.7 cm³/mol. The van der Waals surface area contributed by atoms with E-state index in [1.54, 1.807) is 0 Å². The number of fused-ring (bicyclic) bond motifs is 1. The number of epoxide rings is 1. The van der Waals surface area contributed by atoms with Crippen LogP contribution >= 0.6 is 0 Å². The first kappa shape index (κ1) is 14.3. The predicted octanol–water partition coefficient (Wildman–Crippen LogP) is 2.94. The van der Waals surface area contributed by atoms with E-state index in [9.17, 15) is 4.79 Å². The van der Waals surface area contributed by atoms with Crippen LogP contribution in [-0.4, -0.2) is 41.5 Å². The molecule has 0 aromatic carbocycles. The Balaban J connectivity index is 1.55. The van der Waals surface area contributed by atoms with E-state index in [0.717, 1.165) is 32.4 Å². The van der Waals surface area contributed by atoms with E-state index in [1.165, 1.54) is 19.3 Å². The van der Waals surface area contributed by atoms with Crippen molar-refractivity contribution in [1.82, 2.24) is 4.90 Å². The minimum absolute atomic E-state index is 0.00334. The number of carbonyl (C=O) groups excluding carboxylic acids is 1. The number of nitrogens with zero attached hydrogens (tertiary/aromatic N) is 1. The van der Waals surface area contributed by atoms with Crippen LogP contribution in [0.1, 0.15) is 52.4 Å². The SMILES string of the molecule is CC(C)(/C=C/C(=O)C1CCC2OC2C1)N1CCCCC1. The molecule has 0 N–H and O–H groups in total. The lowest BCUT2D eigenvalue weighted by molar-refractivity contribution is -0.118. The van der Waals surface area contributed by atoms with Gasteiger partial charge in [0.25, 0.3) is 0 Å². The van der Waals surface area contributed by atoms with Gasteiger partial charge in [0.15, 0.2) is 5.78 Å². The molecule has 1 saturated carbocycles. The van der Waals surface area contributed by atoms with Gasteiger partial charge < -0.3 is 4.74 Å². The van der Waals surface area contributed by atoms with Crippen molar-refractivity contribution < 1.29 is 9.53 Å². The van der Waals surface area contributed by atoms with Crippen LogP contribution in [-0.2, 0) is 9.53 Å². The van der Waals surface area contributed by atoms with Crippen molar-refractivity contribution in [1.29, 1.82) is 0 Å². The highest BCUT2D eigenvalue weighted by molar-refractivity contribution is 5.92. The Kier molecular flexibility index (Phi) is 4.00. The Morgan fingerprint density at radius 3 is 2.60 bits per heavy atom. The molecule has 3 fully saturated rings. The van der Waals surface area contributed by atoms with Gasteiger partial charge in [-0.1, -0.05) is 12.5 Å². The first-order valence-corrected chi connectivity index (χ1v) is 8.20. The molecule has 20 heavy (non-hydrogen) atoms. The molecular weight excluding hydrogens is 250 g/mol. The van der Waals surface area contributed by atoms with Crippen LogP contribution in [0.25, 0.3) is 0 Å². The minimum Gasteiger partial charge on any atom is -0.370 e. The van der Waals surface area contributed by atoms with Crippen LogP contribution in [0, 0.1) is 5.92 Å². The summed E-state index contributed by atoms with van der Waals surface area (Å²) in [5.74, 6) is 0.510. The Morgan fingerprint density at radius 1 is 1.15 bits per heavy atom. The molecule has 0 aromatic heterocycles. The van der Waals surface area contributed by atoms with Crippen LogP contribution in [0.4, 0.5) is 0 Å². The number of carbonyl (C=O) groups is 1. The molecule has 0 bridgehead atoms. The fourth-order valence-corrected chi connectivity index (χ4v) is 3.66. The van der Waals surface area contributed by atoms with E-state index in [4.69, 9.17) is 4.74 Å². The van der Waals surface area contributed by atoms with E-state index < -0.39 is 0 Å². The maximum absolute atomic E-state index is 12.3. The first-order valence-electron chi connectivity index (χ1n) is 8.20. The van der Waals surface area contributed by atoms with E-state index >= 15 is 0 Å². The lowest BCUT2D eigenvalue weighted by Crippen LogP contribution is -2.45. The molecule has 1 aliphatic carbocycles. The Hall–Kier alpha value is -0.670. The number of allylic oxidation sites excluding steroid dienone is 1. The second-order valence-electron chi connectivity index (χ2n) is 7.16. The number of rotatable bonds is 4. The maximum atomic E-state index is 12.3. The molecule has 3 atom stereocenters. The molecule has 3 aliphatic rings. The summed E-state index contributed by atoms with van der Waals surface area (Å²) in [6.45, 7) is 6.77. The van der Waals surface area contributed by atoms with Gasteiger partial charge in [-0.2, -0.15) is 0 Å². The van der Waals surface area contributed by atoms with Gasteiger partial charge in [0, 0.05) is 11.5 Å². The normalized spacial score (nSPS) is 35.0. The third-order valence-electron chi connectivity index (χ3n) is 5.23. The van der Waals surface area contributed by atoms with Gasteiger partial charge in [0.05, 0.1) is 12.2 Å². The Morgan fingerprint density at radius 2 is 1.90 bits per heavy atom. The molecular formula is C17H27NO2. The minimum atomic E-state index is 0.00334. The molecule has 2 heterocycles. The molecule has 3 unspecified atom stereocenters. The van der Waals surface area contributed by atoms with Gasteiger partial charge in [0.2, 0.25) is 0 Å². The zero-order chi connectivity index (χ0) is 14.2. The van der Waals surface area contributed by atoms with Crippen molar-refractivity contribution >= 4 is 5.78 Å². The molecule has 3 heteroatoms. The zero-order valence-electron chi connectivity index (χ0n) is 12.8. The molecule has 112 valence electrons. The standard InChI is InChI=1S/C17H27NO2/c1-17(2,18-10-4-3-5-11-18)9-8-14(19)13-6-7-15-16(12-13)20-15/h8-9,13,15-16H,3-7,10-12H2,1-2H3/b9-8+. The highest BCUT2D eigenvalue weighted by atomic mass is 16.6. The van der Waals surface area contributed by atoms with Crippen LogP contribution in [0.3, 0.4) is 0 Å². The lowest BCUT2D eigenvalue weighted by Gasteiger charge is -2.39. The average molecular weight is 277 g/mol. The van der Waals surface area contributed by atoms with Gasteiger partial charge >= 0.3 is 0 Å². The van der Waals surface area contributed by atoms with Crippen molar-refractivity contribution in [3.63, 3.8) is 0 Å². The number of hydrogen-bond donors (Lipinski definition) is 0. The van der Waals surface area contributed by atoms with Crippen LogP contribution in [0.2, 0.25) is 0 Å². The van der Waals surface area contributed by atoms with Gasteiger partial charge in [0.1, 0.15) is 0 Å². The third kappa shape index (κ3) is 3.15. The second-order valence-corrected chi connectivity index (χ2v) is 7.16. The second kappa shape index (κ2) is 5.61. The van der Waals surface area contributed by atoms with Crippen LogP contribution in [0.15, 0.2) is 12.2 Å². The van der Waals surface area contributed by atoms with Crippen molar-refractivity contribution in [2.45, 2.75) is 70.1 Å². The van der Waals surface area contributed by atoms with Gasteiger partial charge in [-0.15, -0.1) is 0 Å². The number of hydrogen-bond acceptors (Lipinski definition) is 3. The highest BCUT2D eigenvalue weighted by Crippen LogP contribution is 2.39. The molecule has 3 rings (SSSR count). The van der Waals surface area contributed by atoms with Crippen molar-refractivity contribution in [2.24, 2.45) is 5.92 Å². The summed E-state index contributed by atoms with van der Waals surface area (Å²) < 4.78 is 5.51. The summed E-state index contributed by atoms with van der Waals surface area (Å²) >= 11 is 0. The summed E-state index contributed by atoms with van der Waals surface area (Å²) in [5, 5.41) is 0. The van der Waals surface area contributed by atoms with Crippen LogP contribution in [0.5, 0.6) is 0 Å². The highest BCUT2D eigenvalue weighted by Gasteiger charge is 2.45. The molecule has 0 radical (unpaired) electrons. The third-order valence-corrected chi connectivity index (χ3v) is 5.23. The summed E-state index contributed by atoms with van der Waals surface area (Å²) in [5.41, 5.74) is 0.00334. The molecule has 2 aliphatic heterocycles.